The van der Waals surface area contributed by atoms with Gasteiger partial charge in [0.25, 0.3) is 0 Å². The topological polar surface area (TPSA) is 71.4 Å². The largest absolute Gasteiger partial charge is 0.378 e. The normalized spacial score (nSPS) is 23.4. The van der Waals surface area contributed by atoms with Crippen LogP contribution in [0.4, 0.5) is 5.82 Å². The minimum Gasteiger partial charge on any atom is -0.378 e. The predicted molar refractivity (Wildman–Crippen MR) is 105 cm³/mol. The van der Waals surface area contributed by atoms with Crippen LogP contribution in [0.2, 0.25) is 0 Å². The Morgan fingerprint density at radius 3 is 2.50 bits per heavy atom. The summed E-state index contributed by atoms with van der Waals surface area (Å²) in [6.45, 7) is 6.32. The highest BCUT2D eigenvalue weighted by atomic mass is 35.5. The molecule has 3 rings (SSSR count). The molecule has 1 aliphatic heterocycles. The van der Waals surface area contributed by atoms with Gasteiger partial charge >= 0.3 is 0 Å². The molecule has 0 bridgehead atoms. The van der Waals surface area contributed by atoms with Crippen molar-refractivity contribution in [2.45, 2.75) is 45.2 Å². The number of rotatable bonds is 5. The van der Waals surface area contributed by atoms with E-state index in [1.807, 2.05) is 11.7 Å². The SMILES string of the molecule is CNC(=O)C1CCC(NCc2c(C)nn(C)c2N2CCOCC2)CC1.Cl. The van der Waals surface area contributed by atoms with E-state index in [1.165, 1.54) is 11.4 Å². The second-order valence-corrected chi connectivity index (χ2v) is 7.15. The minimum absolute atomic E-state index is 0. The predicted octanol–water partition coefficient (Wildman–Crippen LogP) is 1.38. The highest BCUT2D eigenvalue weighted by Crippen LogP contribution is 2.27. The first-order chi connectivity index (χ1) is 12.1. The molecule has 7 nitrogen and oxygen atoms in total. The summed E-state index contributed by atoms with van der Waals surface area (Å²) in [5, 5.41) is 11.1. The summed E-state index contributed by atoms with van der Waals surface area (Å²) in [6.07, 6.45) is 4.06. The van der Waals surface area contributed by atoms with Gasteiger partial charge in [0.15, 0.2) is 0 Å². The van der Waals surface area contributed by atoms with Gasteiger partial charge in [0, 0.05) is 51.3 Å². The summed E-state index contributed by atoms with van der Waals surface area (Å²) in [5.74, 6) is 1.59. The molecule has 2 aliphatic rings. The number of aromatic nitrogens is 2. The van der Waals surface area contributed by atoms with Gasteiger partial charge in [-0.2, -0.15) is 5.10 Å². The zero-order chi connectivity index (χ0) is 17.8. The lowest BCUT2D eigenvalue weighted by Gasteiger charge is -2.31. The van der Waals surface area contributed by atoms with Gasteiger partial charge < -0.3 is 20.3 Å². The van der Waals surface area contributed by atoms with E-state index in [1.54, 1.807) is 7.05 Å². The maximum Gasteiger partial charge on any atom is 0.222 e. The molecule has 1 aliphatic carbocycles. The van der Waals surface area contributed by atoms with E-state index in [0.717, 1.165) is 64.2 Å². The zero-order valence-electron chi connectivity index (χ0n) is 16.1. The lowest BCUT2D eigenvalue weighted by molar-refractivity contribution is -0.125. The highest BCUT2D eigenvalue weighted by Gasteiger charge is 2.26. The van der Waals surface area contributed by atoms with Crippen molar-refractivity contribution in [3.63, 3.8) is 0 Å². The summed E-state index contributed by atoms with van der Waals surface area (Å²) < 4.78 is 7.48. The van der Waals surface area contributed by atoms with Crippen LogP contribution in [-0.4, -0.2) is 55.1 Å². The average molecular weight is 386 g/mol. The fourth-order valence-corrected chi connectivity index (χ4v) is 4.08. The summed E-state index contributed by atoms with van der Waals surface area (Å²) in [7, 11) is 3.75. The number of hydrogen-bond donors (Lipinski definition) is 2. The van der Waals surface area contributed by atoms with Crippen molar-refractivity contribution >= 4 is 24.1 Å². The first-order valence-corrected chi connectivity index (χ1v) is 9.40. The number of halogens is 1. The highest BCUT2D eigenvalue weighted by molar-refractivity contribution is 5.85. The second-order valence-electron chi connectivity index (χ2n) is 7.15. The molecule has 0 aromatic carbocycles. The van der Waals surface area contributed by atoms with Crippen LogP contribution in [0.5, 0.6) is 0 Å². The number of carbonyl (C=O) groups excluding carboxylic acids is 1. The van der Waals surface area contributed by atoms with Crippen molar-refractivity contribution in [1.82, 2.24) is 20.4 Å². The Bertz CT molecular complexity index is 593. The Morgan fingerprint density at radius 1 is 1.23 bits per heavy atom. The maximum atomic E-state index is 11.8. The molecule has 1 saturated carbocycles. The van der Waals surface area contributed by atoms with Crippen molar-refractivity contribution in [2.75, 3.05) is 38.3 Å². The van der Waals surface area contributed by atoms with Gasteiger partial charge in [0.1, 0.15) is 5.82 Å². The van der Waals surface area contributed by atoms with Gasteiger partial charge in [-0.15, -0.1) is 12.4 Å². The van der Waals surface area contributed by atoms with Crippen LogP contribution in [0, 0.1) is 12.8 Å². The van der Waals surface area contributed by atoms with E-state index in [9.17, 15) is 4.79 Å². The molecule has 1 aromatic heterocycles. The van der Waals surface area contributed by atoms with Gasteiger partial charge in [-0.1, -0.05) is 0 Å². The molecular weight excluding hydrogens is 354 g/mol. The Labute approximate surface area is 162 Å². The molecule has 0 spiro atoms. The van der Waals surface area contributed by atoms with Crippen molar-refractivity contribution < 1.29 is 9.53 Å². The first-order valence-electron chi connectivity index (χ1n) is 9.40. The molecule has 0 unspecified atom stereocenters. The summed E-state index contributed by atoms with van der Waals surface area (Å²) >= 11 is 0. The molecule has 2 heterocycles. The maximum absolute atomic E-state index is 11.8. The molecule has 1 saturated heterocycles. The summed E-state index contributed by atoms with van der Waals surface area (Å²) in [4.78, 5) is 14.1. The number of morpholine rings is 1. The van der Waals surface area contributed by atoms with E-state index in [-0.39, 0.29) is 24.2 Å². The van der Waals surface area contributed by atoms with Crippen LogP contribution in [0.1, 0.15) is 36.9 Å². The van der Waals surface area contributed by atoms with Crippen LogP contribution in [0.3, 0.4) is 0 Å². The number of carbonyl (C=O) groups is 1. The smallest absolute Gasteiger partial charge is 0.222 e. The van der Waals surface area contributed by atoms with Gasteiger partial charge in [-0.05, 0) is 32.6 Å². The van der Waals surface area contributed by atoms with Gasteiger partial charge in [-0.3, -0.25) is 9.48 Å². The van der Waals surface area contributed by atoms with E-state index in [2.05, 4.69) is 27.6 Å². The number of aryl methyl sites for hydroxylation is 2. The number of ether oxygens (including phenoxy) is 1. The molecule has 1 aromatic rings. The molecule has 0 atom stereocenters. The molecule has 2 N–H and O–H groups in total. The number of nitrogens with one attached hydrogen (secondary N) is 2. The zero-order valence-corrected chi connectivity index (χ0v) is 16.9. The van der Waals surface area contributed by atoms with Crippen LogP contribution in [-0.2, 0) is 23.1 Å². The van der Waals surface area contributed by atoms with Crippen LogP contribution >= 0.6 is 12.4 Å². The van der Waals surface area contributed by atoms with E-state index in [0.29, 0.717) is 6.04 Å². The van der Waals surface area contributed by atoms with Crippen molar-refractivity contribution in [3.05, 3.63) is 11.3 Å². The number of nitrogens with zero attached hydrogens (tertiary/aromatic N) is 3. The Balaban J connectivity index is 0.00000243. The van der Waals surface area contributed by atoms with Gasteiger partial charge in [0.05, 0.1) is 18.9 Å². The Morgan fingerprint density at radius 2 is 1.88 bits per heavy atom. The number of hydrogen-bond acceptors (Lipinski definition) is 5. The molecule has 26 heavy (non-hydrogen) atoms. The monoisotopic (exact) mass is 385 g/mol. The van der Waals surface area contributed by atoms with Crippen LogP contribution in [0.25, 0.3) is 0 Å². The fourth-order valence-electron chi connectivity index (χ4n) is 4.08. The summed E-state index contributed by atoms with van der Waals surface area (Å²) in [6, 6.07) is 0.484. The Kier molecular flexibility index (Phi) is 7.73. The molecule has 8 heteroatoms. The van der Waals surface area contributed by atoms with E-state index in [4.69, 9.17) is 4.74 Å². The van der Waals surface area contributed by atoms with Gasteiger partial charge in [0.2, 0.25) is 5.91 Å². The molecule has 0 radical (unpaired) electrons. The van der Waals surface area contributed by atoms with Gasteiger partial charge in [-0.25, -0.2) is 0 Å². The Hall–Kier alpha value is -1.31. The minimum atomic E-state index is 0. The first kappa shape index (κ1) is 21.0. The van der Waals surface area contributed by atoms with Crippen molar-refractivity contribution in [1.29, 1.82) is 0 Å². The fraction of sp³-hybridized carbons (Fsp3) is 0.778. The third-order valence-corrected chi connectivity index (χ3v) is 5.54. The quantitative estimate of drug-likeness (QED) is 0.801. The third kappa shape index (κ3) is 4.69. The van der Waals surface area contributed by atoms with E-state index < -0.39 is 0 Å². The number of amides is 1. The molecular formula is C18H32ClN5O2. The lowest BCUT2D eigenvalue weighted by atomic mass is 9.85. The van der Waals surface area contributed by atoms with Crippen molar-refractivity contribution in [2.24, 2.45) is 13.0 Å². The van der Waals surface area contributed by atoms with E-state index >= 15 is 0 Å². The molecule has 2 fully saturated rings. The van der Waals surface area contributed by atoms with Crippen LogP contribution < -0.4 is 15.5 Å². The standard InChI is InChI=1S/C18H31N5O2.ClH/c1-13-16(18(22(3)21-13)23-8-10-25-11-9-23)12-20-15-6-4-14(5-7-15)17(24)19-2;/h14-15,20H,4-12H2,1-3H3,(H,19,24);1H. The lowest BCUT2D eigenvalue weighted by Crippen LogP contribution is -2.39. The average Bonchev–Trinajstić information content (AvgIpc) is 2.93. The third-order valence-electron chi connectivity index (χ3n) is 5.54. The van der Waals surface area contributed by atoms with Crippen molar-refractivity contribution in [3.8, 4) is 0 Å². The second kappa shape index (κ2) is 9.58. The molecule has 148 valence electrons. The summed E-state index contributed by atoms with van der Waals surface area (Å²) in [5.41, 5.74) is 2.38. The molecule has 1 amide bonds. The number of anilines is 1. The van der Waals surface area contributed by atoms with Crippen LogP contribution in [0.15, 0.2) is 0 Å².